The molecule has 164 valence electrons. The first kappa shape index (κ1) is 21.9. The van der Waals surface area contributed by atoms with E-state index < -0.39 is 0 Å². The lowest BCUT2D eigenvalue weighted by molar-refractivity contribution is -0.132. The summed E-state index contributed by atoms with van der Waals surface area (Å²) >= 11 is 3.07. The van der Waals surface area contributed by atoms with Crippen molar-refractivity contribution in [1.82, 2.24) is 19.7 Å². The number of carbonyl (C=O) groups is 1. The molecule has 1 amide bonds. The molecular formula is C23H28N4O2S2. The van der Waals surface area contributed by atoms with Crippen LogP contribution in [0.1, 0.15) is 27.2 Å². The number of rotatable bonds is 6. The fourth-order valence-corrected chi connectivity index (χ4v) is 5.89. The molecule has 0 spiro atoms. The fraction of sp³-hybridized carbons (Fsp3) is 0.435. The zero-order valence-corrected chi connectivity index (χ0v) is 19.9. The van der Waals surface area contributed by atoms with Crippen molar-refractivity contribution in [1.29, 1.82) is 0 Å². The van der Waals surface area contributed by atoms with Crippen molar-refractivity contribution in [3.63, 3.8) is 0 Å². The predicted octanol–water partition coefficient (Wildman–Crippen LogP) is 4.99. The van der Waals surface area contributed by atoms with Crippen molar-refractivity contribution in [3.8, 4) is 22.1 Å². The molecule has 0 saturated carbocycles. The Morgan fingerprint density at radius 3 is 2.58 bits per heavy atom. The number of likely N-dealkylation sites (tertiary alicyclic amines) is 1. The molecule has 3 unspecified atom stereocenters. The third kappa shape index (κ3) is 4.65. The number of benzene rings is 1. The lowest BCUT2D eigenvalue weighted by Crippen LogP contribution is -2.45. The second-order valence-electron chi connectivity index (χ2n) is 8.24. The monoisotopic (exact) mass is 456 g/mol. The summed E-state index contributed by atoms with van der Waals surface area (Å²) in [7, 11) is 1.66. The summed E-state index contributed by atoms with van der Waals surface area (Å²) in [6.45, 7) is 8.06. The van der Waals surface area contributed by atoms with Crippen LogP contribution in [0.3, 0.4) is 0 Å². The van der Waals surface area contributed by atoms with Crippen molar-refractivity contribution in [2.75, 3.05) is 20.2 Å². The quantitative estimate of drug-likeness (QED) is 0.489. The largest absolute Gasteiger partial charge is 0.495 e. The molecule has 3 aromatic rings. The fourth-order valence-electron chi connectivity index (χ4n) is 4.25. The summed E-state index contributed by atoms with van der Waals surface area (Å²) in [6, 6.07) is 11.8. The highest BCUT2D eigenvalue weighted by Gasteiger charge is 2.30. The summed E-state index contributed by atoms with van der Waals surface area (Å²) in [5.74, 6) is 2.72. The van der Waals surface area contributed by atoms with Gasteiger partial charge in [0, 0.05) is 13.1 Å². The Morgan fingerprint density at radius 2 is 1.90 bits per heavy atom. The number of aromatic nitrogens is 3. The van der Waals surface area contributed by atoms with E-state index in [-0.39, 0.29) is 11.2 Å². The van der Waals surface area contributed by atoms with Crippen LogP contribution in [-0.2, 0) is 4.79 Å². The molecule has 1 aromatic carbocycles. The van der Waals surface area contributed by atoms with Gasteiger partial charge in [-0.25, -0.2) is 0 Å². The van der Waals surface area contributed by atoms with E-state index in [2.05, 4.69) is 24.0 Å². The van der Waals surface area contributed by atoms with Crippen LogP contribution in [0.15, 0.2) is 46.9 Å². The minimum absolute atomic E-state index is 0.163. The normalized spacial score (nSPS) is 19.9. The molecule has 1 saturated heterocycles. The lowest BCUT2D eigenvalue weighted by atomic mass is 9.92. The zero-order valence-electron chi connectivity index (χ0n) is 18.3. The van der Waals surface area contributed by atoms with Gasteiger partial charge in [0.15, 0.2) is 11.0 Å². The number of para-hydroxylation sites is 2. The highest BCUT2D eigenvalue weighted by atomic mass is 32.2. The van der Waals surface area contributed by atoms with E-state index >= 15 is 0 Å². The van der Waals surface area contributed by atoms with Crippen molar-refractivity contribution in [2.24, 2.45) is 11.8 Å². The molecule has 1 aliphatic rings. The molecule has 6 nitrogen and oxygen atoms in total. The topological polar surface area (TPSA) is 60.2 Å². The summed E-state index contributed by atoms with van der Waals surface area (Å²) in [5, 5.41) is 11.4. The Balaban J connectivity index is 1.66. The lowest BCUT2D eigenvalue weighted by Gasteiger charge is -2.36. The van der Waals surface area contributed by atoms with Crippen LogP contribution < -0.4 is 4.74 Å². The van der Waals surface area contributed by atoms with E-state index in [0.717, 1.165) is 35.2 Å². The maximum atomic E-state index is 13.2. The Morgan fingerprint density at radius 1 is 1.16 bits per heavy atom. The van der Waals surface area contributed by atoms with E-state index in [1.54, 1.807) is 18.4 Å². The molecule has 3 heterocycles. The number of thioether (sulfide) groups is 1. The van der Waals surface area contributed by atoms with Crippen LogP contribution in [0.4, 0.5) is 0 Å². The Hall–Kier alpha value is -2.32. The average molecular weight is 457 g/mol. The second-order valence-corrected chi connectivity index (χ2v) is 10.5. The number of carbonyl (C=O) groups excluding carboxylic acids is 1. The van der Waals surface area contributed by atoms with Gasteiger partial charge in [-0.3, -0.25) is 9.36 Å². The zero-order chi connectivity index (χ0) is 22.0. The number of piperidine rings is 1. The number of methoxy groups -OCH3 is 1. The molecule has 0 N–H and O–H groups in total. The minimum Gasteiger partial charge on any atom is -0.495 e. The summed E-state index contributed by atoms with van der Waals surface area (Å²) in [4.78, 5) is 16.3. The van der Waals surface area contributed by atoms with Gasteiger partial charge in [0.05, 0.1) is 22.9 Å². The molecule has 1 aliphatic heterocycles. The third-order valence-electron chi connectivity index (χ3n) is 5.51. The number of amides is 1. The molecule has 2 aromatic heterocycles. The predicted molar refractivity (Wildman–Crippen MR) is 126 cm³/mol. The van der Waals surface area contributed by atoms with Crippen LogP contribution in [0, 0.1) is 11.8 Å². The molecule has 0 aliphatic carbocycles. The smallest absolute Gasteiger partial charge is 0.235 e. The van der Waals surface area contributed by atoms with Gasteiger partial charge in [0.25, 0.3) is 0 Å². The number of ether oxygens (including phenoxy) is 1. The van der Waals surface area contributed by atoms with Crippen molar-refractivity contribution in [3.05, 3.63) is 41.8 Å². The summed E-state index contributed by atoms with van der Waals surface area (Å²) < 4.78 is 7.61. The van der Waals surface area contributed by atoms with E-state index in [1.807, 2.05) is 58.2 Å². The van der Waals surface area contributed by atoms with Gasteiger partial charge in [-0.1, -0.05) is 43.8 Å². The van der Waals surface area contributed by atoms with Gasteiger partial charge in [0.1, 0.15) is 5.75 Å². The van der Waals surface area contributed by atoms with Crippen LogP contribution in [-0.4, -0.2) is 51.0 Å². The maximum Gasteiger partial charge on any atom is 0.235 e. The highest BCUT2D eigenvalue weighted by Crippen LogP contribution is 2.36. The van der Waals surface area contributed by atoms with E-state index in [4.69, 9.17) is 4.74 Å². The SMILES string of the molecule is COc1ccccc1-n1c(SC(C)C(=O)N2CC(C)CC(C)C2)nnc1-c1cccs1. The Kier molecular flexibility index (Phi) is 6.67. The average Bonchev–Trinajstić information content (AvgIpc) is 3.42. The van der Waals surface area contributed by atoms with Crippen LogP contribution in [0.2, 0.25) is 0 Å². The standard InChI is InChI=1S/C23H28N4O2S2/c1-15-12-16(2)14-26(13-15)22(28)17(3)31-23-25-24-21(20-10-7-11-30-20)27(23)18-8-5-6-9-19(18)29-4/h5-11,15-17H,12-14H2,1-4H3. The first-order valence-electron chi connectivity index (χ1n) is 10.6. The first-order chi connectivity index (χ1) is 15.0. The number of hydrogen-bond donors (Lipinski definition) is 0. The van der Waals surface area contributed by atoms with E-state index in [1.165, 1.54) is 18.2 Å². The molecule has 1 fully saturated rings. The molecule has 31 heavy (non-hydrogen) atoms. The van der Waals surface area contributed by atoms with Gasteiger partial charge < -0.3 is 9.64 Å². The summed E-state index contributed by atoms with van der Waals surface area (Å²) in [6.07, 6.45) is 1.18. The van der Waals surface area contributed by atoms with Crippen molar-refractivity contribution < 1.29 is 9.53 Å². The molecule has 4 rings (SSSR count). The molecule has 8 heteroatoms. The van der Waals surface area contributed by atoms with Crippen LogP contribution in [0.5, 0.6) is 5.75 Å². The van der Waals surface area contributed by atoms with Gasteiger partial charge >= 0.3 is 0 Å². The first-order valence-corrected chi connectivity index (χ1v) is 12.3. The van der Waals surface area contributed by atoms with Crippen LogP contribution in [0.25, 0.3) is 16.4 Å². The maximum absolute atomic E-state index is 13.2. The number of hydrogen-bond acceptors (Lipinski definition) is 6. The third-order valence-corrected chi connectivity index (χ3v) is 7.41. The van der Waals surface area contributed by atoms with Gasteiger partial charge in [-0.2, -0.15) is 0 Å². The molecule has 0 radical (unpaired) electrons. The van der Waals surface area contributed by atoms with Crippen molar-refractivity contribution in [2.45, 2.75) is 37.6 Å². The Bertz CT molecular complexity index is 1020. The number of thiophene rings is 1. The van der Waals surface area contributed by atoms with Gasteiger partial charge in [-0.15, -0.1) is 21.5 Å². The van der Waals surface area contributed by atoms with Crippen molar-refractivity contribution >= 4 is 29.0 Å². The second kappa shape index (κ2) is 9.44. The van der Waals surface area contributed by atoms with E-state index in [9.17, 15) is 4.79 Å². The van der Waals surface area contributed by atoms with Crippen LogP contribution >= 0.6 is 23.1 Å². The molecule has 0 bridgehead atoms. The molecular weight excluding hydrogens is 428 g/mol. The highest BCUT2D eigenvalue weighted by molar-refractivity contribution is 8.00. The summed E-state index contributed by atoms with van der Waals surface area (Å²) in [5.41, 5.74) is 0.862. The molecule has 3 atom stereocenters. The van der Waals surface area contributed by atoms with E-state index in [0.29, 0.717) is 17.0 Å². The van der Waals surface area contributed by atoms with Gasteiger partial charge in [-0.05, 0) is 48.8 Å². The minimum atomic E-state index is -0.258. The van der Waals surface area contributed by atoms with Gasteiger partial charge in [0.2, 0.25) is 5.91 Å². The Labute approximate surface area is 191 Å². The number of nitrogens with zero attached hydrogens (tertiary/aromatic N) is 4.